The van der Waals surface area contributed by atoms with Crippen molar-refractivity contribution >= 4 is 5.91 Å². The monoisotopic (exact) mass is 497 g/mol. The molecule has 1 atom stereocenters. The summed E-state index contributed by atoms with van der Waals surface area (Å²) in [5, 5.41) is 2.57. The molecule has 37 heavy (non-hydrogen) atoms. The predicted octanol–water partition coefficient (Wildman–Crippen LogP) is 2.50. The van der Waals surface area contributed by atoms with Crippen LogP contribution in [0.4, 0.5) is 0 Å². The number of nitrogens with zero attached hydrogens (tertiary/aromatic N) is 4. The second kappa shape index (κ2) is 9.38. The summed E-state index contributed by atoms with van der Waals surface area (Å²) in [7, 11) is 1.57. The van der Waals surface area contributed by atoms with E-state index in [4.69, 9.17) is 14.2 Å². The molecule has 1 N–H and O–H groups in total. The van der Waals surface area contributed by atoms with Gasteiger partial charge in [-0.05, 0) is 35.7 Å². The van der Waals surface area contributed by atoms with E-state index in [1.54, 1.807) is 48.3 Å². The van der Waals surface area contributed by atoms with Gasteiger partial charge in [-0.1, -0.05) is 24.3 Å². The second-order valence-corrected chi connectivity index (χ2v) is 8.72. The van der Waals surface area contributed by atoms with Crippen LogP contribution in [-0.2, 0) is 13.0 Å². The molecular formula is C27H23N5O5. The van der Waals surface area contributed by atoms with Crippen LogP contribution in [0.2, 0.25) is 0 Å². The molecule has 0 spiro atoms. The number of ether oxygens (including phenoxy) is 3. The van der Waals surface area contributed by atoms with Gasteiger partial charge in [0.05, 0.1) is 5.69 Å². The van der Waals surface area contributed by atoms with E-state index < -0.39 is 0 Å². The smallest absolute Gasteiger partial charge is 0.351 e. The largest absolute Gasteiger partial charge is 0.484 e. The number of carbonyl (C=O) groups is 1. The summed E-state index contributed by atoms with van der Waals surface area (Å²) >= 11 is 0. The molecule has 0 aliphatic carbocycles. The van der Waals surface area contributed by atoms with Crippen molar-refractivity contribution in [3.8, 4) is 39.9 Å². The maximum Gasteiger partial charge on any atom is 0.351 e. The zero-order valence-electron chi connectivity index (χ0n) is 20.0. The number of hydrogen-bond acceptors (Lipinski definition) is 8. The van der Waals surface area contributed by atoms with Crippen molar-refractivity contribution in [2.24, 2.45) is 0 Å². The molecule has 10 heteroatoms. The summed E-state index contributed by atoms with van der Waals surface area (Å²) in [5.74, 6) is 1.02. The molecule has 0 fully saturated rings. The van der Waals surface area contributed by atoms with E-state index in [2.05, 4.69) is 26.3 Å². The minimum Gasteiger partial charge on any atom is -0.484 e. The zero-order chi connectivity index (χ0) is 25.4. The van der Waals surface area contributed by atoms with Gasteiger partial charge in [0.1, 0.15) is 18.9 Å². The van der Waals surface area contributed by atoms with E-state index in [1.807, 2.05) is 18.2 Å². The van der Waals surface area contributed by atoms with E-state index in [1.165, 1.54) is 0 Å². The number of pyridine rings is 2. The Hall–Kier alpha value is -4.73. The summed E-state index contributed by atoms with van der Waals surface area (Å²) in [6.07, 6.45) is 3.65. The van der Waals surface area contributed by atoms with Gasteiger partial charge in [0.2, 0.25) is 5.88 Å². The van der Waals surface area contributed by atoms with Gasteiger partial charge in [-0.2, -0.15) is 4.98 Å². The van der Waals surface area contributed by atoms with Gasteiger partial charge in [0, 0.05) is 43.2 Å². The minimum absolute atomic E-state index is 0.163. The van der Waals surface area contributed by atoms with Crippen molar-refractivity contribution in [3.63, 3.8) is 0 Å². The van der Waals surface area contributed by atoms with E-state index >= 15 is 0 Å². The number of aromatic nitrogens is 4. The first kappa shape index (κ1) is 22.7. The molecule has 5 heterocycles. The number of amides is 1. The highest BCUT2D eigenvalue weighted by atomic mass is 16.6. The Morgan fingerprint density at radius 2 is 2.05 bits per heavy atom. The van der Waals surface area contributed by atoms with Gasteiger partial charge >= 0.3 is 5.69 Å². The number of carbonyl (C=O) groups excluding carboxylic acids is 1. The summed E-state index contributed by atoms with van der Waals surface area (Å²) in [6, 6.07) is 15.0. The summed E-state index contributed by atoms with van der Waals surface area (Å²) < 4.78 is 19.0. The third-order valence-corrected chi connectivity index (χ3v) is 6.39. The van der Waals surface area contributed by atoms with Crippen LogP contribution in [0.25, 0.3) is 22.4 Å². The molecule has 6 rings (SSSR count). The molecule has 1 aromatic carbocycles. The van der Waals surface area contributed by atoms with Gasteiger partial charge < -0.3 is 19.5 Å². The Labute approximate surface area is 211 Å². The highest BCUT2D eigenvalue weighted by Gasteiger charge is 2.24. The number of hydrogen-bond donors (Lipinski definition) is 1. The van der Waals surface area contributed by atoms with E-state index in [9.17, 15) is 9.59 Å². The molecule has 3 aromatic heterocycles. The first-order valence-corrected chi connectivity index (χ1v) is 11.9. The van der Waals surface area contributed by atoms with Crippen molar-refractivity contribution in [2.75, 3.05) is 20.3 Å². The van der Waals surface area contributed by atoms with Gasteiger partial charge in [0.25, 0.3) is 11.8 Å². The van der Waals surface area contributed by atoms with Crippen LogP contribution in [0, 0.1) is 0 Å². The van der Waals surface area contributed by atoms with Gasteiger partial charge in [0.15, 0.2) is 11.9 Å². The fourth-order valence-electron chi connectivity index (χ4n) is 4.50. The highest BCUT2D eigenvalue weighted by Crippen LogP contribution is 2.33. The number of rotatable bonds is 5. The standard InChI is InChI=1S/C27H23N5O5/c1-28-25(33)21-7-5-18(13-30-21)16-4-6-20-17(11-16)8-10-32-22(20)12-24(31-27(32)34)36-15-19-14-35-23-3-2-9-29-26(23)37-19/h2-7,9,11-13,19H,8,10,14-15H2,1H3,(H,28,33). The quantitative estimate of drug-likeness (QED) is 0.447. The summed E-state index contributed by atoms with van der Waals surface area (Å²) in [4.78, 5) is 37.1. The van der Waals surface area contributed by atoms with Crippen LogP contribution in [0.15, 0.2) is 65.7 Å². The third-order valence-electron chi connectivity index (χ3n) is 6.39. The molecular weight excluding hydrogens is 474 g/mol. The lowest BCUT2D eigenvalue weighted by molar-refractivity contribution is 0.0473. The normalized spacial score (nSPS) is 15.3. The minimum atomic E-state index is -0.374. The lowest BCUT2D eigenvalue weighted by atomic mass is 9.93. The molecule has 10 nitrogen and oxygen atoms in total. The van der Waals surface area contributed by atoms with Gasteiger partial charge in [-0.3, -0.25) is 14.3 Å². The SMILES string of the molecule is CNC(=O)c1ccc(-c2ccc3c(c2)CCn2c-3cc(OCC3COc4cccnc4O3)nc2=O)cn1. The highest BCUT2D eigenvalue weighted by molar-refractivity contribution is 5.92. The molecule has 2 aliphatic heterocycles. The molecule has 2 aliphatic rings. The number of fused-ring (bicyclic) bond motifs is 4. The first-order valence-electron chi connectivity index (χ1n) is 11.9. The first-order chi connectivity index (χ1) is 18.1. The van der Waals surface area contributed by atoms with Crippen molar-refractivity contribution in [1.29, 1.82) is 0 Å². The van der Waals surface area contributed by atoms with Crippen molar-refractivity contribution < 1.29 is 19.0 Å². The van der Waals surface area contributed by atoms with Crippen LogP contribution in [0.5, 0.6) is 17.5 Å². The zero-order valence-corrected chi connectivity index (χ0v) is 20.0. The van der Waals surface area contributed by atoms with Gasteiger partial charge in [-0.15, -0.1) is 0 Å². The average molecular weight is 498 g/mol. The molecule has 1 unspecified atom stereocenters. The average Bonchev–Trinajstić information content (AvgIpc) is 2.95. The third kappa shape index (κ3) is 4.37. The van der Waals surface area contributed by atoms with E-state index in [0.717, 1.165) is 27.9 Å². The lowest BCUT2D eigenvalue weighted by Gasteiger charge is -2.25. The van der Waals surface area contributed by atoms with Crippen LogP contribution in [-0.4, -0.2) is 51.8 Å². The Balaban J connectivity index is 1.23. The van der Waals surface area contributed by atoms with Crippen molar-refractivity contribution in [3.05, 3.63) is 82.7 Å². The Morgan fingerprint density at radius 1 is 1.16 bits per heavy atom. The fourth-order valence-corrected chi connectivity index (χ4v) is 4.50. The van der Waals surface area contributed by atoms with E-state index in [0.29, 0.717) is 36.9 Å². The molecule has 0 saturated carbocycles. The molecule has 0 radical (unpaired) electrons. The summed E-state index contributed by atoms with van der Waals surface area (Å²) in [6.45, 7) is 0.998. The Kier molecular flexibility index (Phi) is 5.76. The molecule has 0 saturated heterocycles. The summed E-state index contributed by atoms with van der Waals surface area (Å²) in [5.41, 5.74) is 4.71. The molecule has 186 valence electrons. The van der Waals surface area contributed by atoms with Crippen LogP contribution >= 0.6 is 0 Å². The number of benzene rings is 1. The second-order valence-electron chi connectivity index (χ2n) is 8.72. The molecule has 1 amide bonds. The number of aryl methyl sites for hydroxylation is 1. The lowest BCUT2D eigenvalue weighted by Crippen LogP contribution is -2.35. The van der Waals surface area contributed by atoms with Crippen molar-refractivity contribution in [1.82, 2.24) is 24.8 Å². The van der Waals surface area contributed by atoms with Crippen LogP contribution in [0.3, 0.4) is 0 Å². The Bertz CT molecular complexity index is 1550. The van der Waals surface area contributed by atoms with Crippen molar-refractivity contribution in [2.45, 2.75) is 19.1 Å². The maximum absolute atomic E-state index is 12.8. The number of nitrogens with one attached hydrogen (secondary N) is 1. The molecule has 0 bridgehead atoms. The Morgan fingerprint density at radius 3 is 2.89 bits per heavy atom. The fraction of sp³-hybridized carbons (Fsp3) is 0.222. The van der Waals surface area contributed by atoms with Crippen LogP contribution < -0.4 is 25.2 Å². The maximum atomic E-state index is 12.8. The van der Waals surface area contributed by atoms with Gasteiger partial charge in [-0.25, -0.2) is 9.78 Å². The predicted molar refractivity (Wildman–Crippen MR) is 134 cm³/mol. The van der Waals surface area contributed by atoms with E-state index in [-0.39, 0.29) is 30.2 Å². The topological polar surface area (TPSA) is 117 Å². The molecule has 4 aromatic rings. The van der Waals surface area contributed by atoms with Crippen LogP contribution in [0.1, 0.15) is 16.1 Å².